The normalized spacial score (nSPS) is 14.9. The van der Waals surface area contributed by atoms with Crippen molar-refractivity contribution in [3.63, 3.8) is 0 Å². The molecule has 1 aliphatic heterocycles. The molecule has 4 aromatic rings. The fraction of sp³-hybridized carbons (Fsp3) is 0.250. The molecule has 0 atom stereocenters. The number of halogens is 1. The van der Waals surface area contributed by atoms with E-state index in [0.29, 0.717) is 35.5 Å². The molecule has 1 aromatic heterocycles. The summed E-state index contributed by atoms with van der Waals surface area (Å²) < 4.78 is 33.5. The molecule has 35 heavy (non-hydrogen) atoms. The molecule has 1 aliphatic rings. The molecule has 0 radical (unpaired) electrons. The molecule has 1 fully saturated rings. The van der Waals surface area contributed by atoms with Crippen LogP contribution >= 0.6 is 11.6 Å². The first-order chi connectivity index (χ1) is 16.9. The molecule has 0 unspecified atom stereocenters. The first kappa shape index (κ1) is 23.6. The van der Waals surface area contributed by atoms with Gasteiger partial charge in [-0.25, -0.2) is 8.42 Å². The summed E-state index contributed by atoms with van der Waals surface area (Å²) in [5.41, 5.74) is 2.88. The summed E-state index contributed by atoms with van der Waals surface area (Å²) in [5, 5.41) is 0.402. The molecule has 7 heteroatoms. The van der Waals surface area contributed by atoms with Gasteiger partial charge in [-0.15, -0.1) is 0 Å². The second-order valence-corrected chi connectivity index (χ2v) is 11.3. The van der Waals surface area contributed by atoms with Crippen LogP contribution in [0, 0.1) is 12.8 Å². The number of benzene rings is 3. The largest absolute Gasteiger partial charge is 0.419 e. The average Bonchev–Trinajstić information content (AvgIpc) is 3.32. The number of hydrogen-bond acceptors (Lipinski definition) is 5. The van der Waals surface area contributed by atoms with Gasteiger partial charge < -0.3 is 9.32 Å². The van der Waals surface area contributed by atoms with Gasteiger partial charge in [0.15, 0.2) is 0 Å². The van der Waals surface area contributed by atoms with Crippen LogP contribution in [0.3, 0.4) is 0 Å². The third-order valence-electron chi connectivity index (χ3n) is 6.54. The van der Waals surface area contributed by atoms with Crippen LogP contribution in [0.4, 0.5) is 5.88 Å². The Balaban J connectivity index is 1.48. The van der Waals surface area contributed by atoms with Gasteiger partial charge in [0, 0.05) is 13.1 Å². The van der Waals surface area contributed by atoms with Gasteiger partial charge in [-0.05, 0) is 61.9 Å². The van der Waals surface area contributed by atoms with Crippen molar-refractivity contribution in [3.05, 3.63) is 95.0 Å². The fourth-order valence-corrected chi connectivity index (χ4v) is 6.08. The smallest absolute Gasteiger partial charge is 0.236 e. The van der Waals surface area contributed by atoms with Gasteiger partial charge in [0.25, 0.3) is 0 Å². The van der Waals surface area contributed by atoms with Crippen LogP contribution in [0.5, 0.6) is 0 Å². The zero-order chi connectivity index (χ0) is 24.4. The summed E-state index contributed by atoms with van der Waals surface area (Å²) in [6.45, 7) is 3.32. The maximum atomic E-state index is 13.7. The van der Waals surface area contributed by atoms with Gasteiger partial charge in [0.05, 0.1) is 15.5 Å². The van der Waals surface area contributed by atoms with Crippen LogP contribution in [0.2, 0.25) is 5.02 Å². The maximum Gasteiger partial charge on any atom is 0.236 e. The highest BCUT2D eigenvalue weighted by molar-refractivity contribution is 7.91. The van der Waals surface area contributed by atoms with Gasteiger partial charge in [-0.3, -0.25) is 0 Å². The number of nitrogens with zero attached hydrogens (tertiary/aromatic N) is 2. The summed E-state index contributed by atoms with van der Waals surface area (Å²) in [5.74, 6) is 1.04. The summed E-state index contributed by atoms with van der Waals surface area (Å²) in [7, 11) is -3.89. The molecule has 5 nitrogen and oxygen atoms in total. The van der Waals surface area contributed by atoms with Crippen molar-refractivity contribution in [2.45, 2.75) is 36.1 Å². The number of anilines is 1. The summed E-state index contributed by atoms with van der Waals surface area (Å²) in [6, 6.07) is 24.5. The van der Waals surface area contributed by atoms with Crippen molar-refractivity contribution < 1.29 is 12.8 Å². The average molecular weight is 507 g/mol. The lowest BCUT2D eigenvalue weighted by atomic mass is 9.90. The van der Waals surface area contributed by atoms with Crippen molar-refractivity contribution in [1.29, 1.82) is 0 Å². The molecule has 0 spiro atoms. The van der Waals surface area contributed by atoms with Gasteiger partial charge >= 0.3 is 0 Å². The zero-order valence-corrected chi connectivity index (χ0v) is 21.1. The quantitative estimate of drug-likeness (QED) is 0.295. The van der Waals surface area contributed by atoms with Crippen LogP contribution in [-0.2, 0) is 16.3 Å². The van der Waals surface area contributed by atoms with E-state index in [1.165, 1.54) is 5.56 Å². The minimum Gasteiger partial charge on any atom is -0.419 e. The van der Waals surface area contributed by atoms with Crippen LogP contribution in [0.25, 0.3) is 11.5 Å². The molecule has 0 N–H and O–H groups in total. The predicted octanol–water partition coefficient (Wildman–Crippen LogP) is 6.60. The molecule has 5 rings (SSSR count). The number of aryl methyl sites for hydroxylation is 1. The SMILES string of the molecule is Cc1ccc(S(=O)(=O)c2nc(-c3ccccc3Cl)oc2N2CCC(Cc3ccccc3)CC2)cc1. The van der Waals surface area contributed by atoms with Gasteiger partial charge in [-0.1, -0.05) is 71.8 Å². The molecule has 0 aliphatic carbocycles. The monoisotopic (exact) mass is 506 g/mol. The topological polar surface area (TPSA) is 63.4 Å². The van der Waals surface area contributed by atoms with E-state index in [-0.39, 0.29) is 15.8 Å². The van der Waals surface area contributed by atoms with Gasteiger partial charge in [0.2, 0.25) is 26.6 Å². The van der Waals surface area contributed by atoms with Crippen molar-refractivity contribution in [1.82, 2.24) is 4.98 Å². The molecule has 0 saturated carbocycles. The Morgan fingerprint density at radius 2 is 1.60 bits per heavy atom. The number of sulfone groups is 1. The van der Waals surface area contributed by atoms with Crippen molar-refractivity contribution in [2.24, 2.45) is 5.92 Å². The summed E-state index contributed by atoms with van der Waals surface area (Å²) in [4.78, 5) is 6.70. The number of piperidine rings is 1. The second-order valence-electron chi connectivity index (χ2n) is 9.05. The Labute approximate surface area is 211 Å². The van der Waals surface area contributed by atoms with Crippen LogP contribution < -0.4 is 4.90 Å². The van der Waals surface area contributed by atoms with Crippen LogP contribution in [0.15, 0.2) is 93.2 Å². The first-order valence-electron chi connectivity index (χ1n) is 11.8. The molecular formula is C28H27ClN2O3S. The van der Waals surface area contributed by atoms with Gasteiger partial charge in [0.1, 0.15) is 0 Å². The Kier molecular flexibility index (Phi) is 6.67. The van der Waals surface area contributed by atoms with E-state index in [4.69, 9.17) is 16.0 Å². The van der Waals surface area contributed by atoms with E-state index < -0.39 is 9.84 Å². The highest BCUT2D eigenvalue weighted by Gasteiger charge is 2.33. The van der Waals surface area contributed by atoms with E-state index in [9.17, 15) is 8.42 Å². The van der Waals surface area contributed by atoms with E-state index >= 15 is 0 Å². The molecule has 0 amide bonds. The Bertz CT molecular complexity index is 1410. The first-order valence-corrected chi connectivity index (χ1v) is 13.6. The van der Waals surface area contributed by atoms with Crippen LogP contribution in [0.1, 0.15) is 24.0 Å². The Hall–Kier alpha value is -3.09. The third-order valence-corrected chi connectivity index (χ3v) is 8.54. The van der Waals surface area contributed by atoms with Crippen LogP contribution in [-0.4, -0.2) is 26.5 Å². The molecule has 180 valence electrons. The molecule has 1 saturated heterocycles. The minimum atomic E-state index is -3.89. The van der Waals surface area contributed by atoms with Gasteiger partial charge in [-0.2, -0.15) is 4.98 Å². The Morgan fingerprint density at radius 3 is 2.29 bits per heavy atom. The lowest BCUT2D eigenvalue weighted by Gasteiger charge is -2.32. The standard InChI is InChI=1S/C28H27ClN2O3S/c1-20-11-13-23(14-12-20)35(32,33)27-28(34-26(30-27)24-9-5-6-10-25(24)29)31-17-15-22(16-18-31)19-21-7-3-2-4-8-21/h2-14,22H,15-19H2,1H3. The minimum absolute atomic E-state index is 0.0576. The highest BCUT2D eigenvalue weighted by Crippen LogP contribution is 2.38. The number of oxazole rings is 1. The van der Waals surface area contributed by atoms with Crippen molar-refractivity contribution in [3.8, 4) is 11.5 Å². The highest BCUT2D eigenvalue weighted by atomic mass is 35.5. The van der Waals surface area contributed by atoms with Crippen molar-refractivity contribution >= 4 is 27.3 Å². The molecular weight excluding hydrogens is 480 g/mol. The number of aromatic nitrogens is 1. The molecule has 2 heterocycles. The maximum absolute atomic E-state index is 13.7. The van der Waals surface area contributed by atoms with E-state index in [1.807, 2.05) is 30.0 Å². The third kappa shape index (κ3) is 5.00. The molecule has 3 aromatic carbocycles. The summed E-state index contributed by atoms with van der Waals surface area (Å²) >= 11 is 6.39. The number of rotatable bonds is 6. The van der Waals surface area contributed by atoms with E-state index in [2.05, 4.69) is 29.2 Å². The molecule has 0 bridgehead atoms. The lowest BCUT2D eigenvalue weighted by molar-refractivity contribution is 0.387. The fourth-order valence-electron chi connectivity index (χ4n) is 4.54. The summed E-state index contributed by atoms with van der Waals surface area (Å²) in [6.07, 6.45) is 2.91. The number of hydrogen-bond donors (Lipinski definition) is 0. The second kappa shape index (κ2) is 9.88. The Morgan fingerprint density at radius 1 is 0.943 bits per heavy atom. The van der Waals surface area contributed by atoms with Crippen molar-refractivity contribution in [2.75, 3.05) is 18.0 Å². The van der Waals surface area contributed by atoms with E-state index in [1.54, 1.807) is 36.4 Å². The predicted molar refractivity (Wildman–Crippen MR) is 139 cm³/mol. The lowest BCUT2D eigenvalue weighted by Crippen LogP contribution is -2.34. The van der Waals surface area contributed by atoms with E-state index in [0.717, 1.165) is 24.8 Å². The zero-order valence-electron chi connectivity index (χ0n) is 19.5.